The van der Waals surface area contributed by atoms with Crippen molar-refractivity contribution < 1.29 is 5.11 Å². The molecule has 0 fully saturated rings. The Kier molecular flexibility index (Phi) is 4.62. The van der Waals surface area contributed by atoms with Crippen LogP contribution in [0.1, 0.15) is 26.0 Å². The van der Waals surface area contributed by atoms with Gasteiger partial charge in [-0.3, -0.25) is 0 Å². The number of aryl methyl sites for hydroxylation is 1. The molecule has 0 aliphatic heterocycles. The van der Waals surface area contributed by atoms with Crippen molar-refractivity contribution in [3.63, 3.8) is 0 Å². The maximum atomic E-state index is 9.00. The summed E-state index contributed by atoms with van der Waals surface area (Å²) < 4.78 is 2.09. The van der Waals surface area contributed by atoms with Crippen LogP contribution in [0.2, 0.25) is 0 Å². The number of nitrogens with one attached hydrogen (secondary N) is 1. The number of rotatable bonds is 6. The van der Waals surface area contributed by atoms with Crippen molar-refractivity contribution in [1.82, 2.24) is 14.9 Å². The molecule has 0 aliphatic rings. The van der Waals surface area contributed by atoms with Crippen LogP contribution in [0.5, 0.6) is 0 Å². The van der Waals surface area contributed by atoms with Crippen molar-refractivity contribution in [2.75, 3.05) is 6.61 Å². The van der Waals surface area contributed by atoms with Crippen LogP contribution < -0.4 is 5.32 Å². The molecular formula is C10H19N3O. The minimum Gasteiger partial charge on any atom is -0.395 e. The van der Waals surface area contributed by atoms with Gasteiger partial charge in [-0.25, -0.2) is 4.98 Å². The first kappa shape index (κ1) is 11.2. The number of imidazole rings is 1. The Morgan fingerprint density at radius 1 is 1.57 bits per heavy atom. The molecule has 0 aromatic carbocycles. The van der Waals surface area contributed by atoms with Gasteiger partial charge in [-0.2, -0.15) is 0 Å². The summed E-state index contributed by atoms with van der Waals surface area (Å²) in [5.41, 5.74) is 1.17. The van der Waals surface area contributed by atoms with Crippen LogP contribution in [0, 0.1) is 0 Å². The van der Waals surface area contributed by atoms with Crippen LogP contribution in [-0.2, 0) is 13.1 Å². The third-order valence-corrected chi connectivity index (χ3v) is 2.42. The highest BCUT2D eigenvalue weighted by atomic mass is 16.3. The molecule has 1 atom stereocenters. The predicted molar refractivity (Wildman–Crippen MR) is 55.9 cm³/mol. The minimum atomic E-state index is 0.190. The number of aliphatic hydroxyl groups excluding tert-OH is 1. The molecule has 4 heteroatoms. The molecule has 1 rings (SSSR count). The number of aromatic nitrogens is 2. The van der Waals surface area contributed by atoms with Gasteiger partial charge in [-0.05, 0) is 13.3 Å². The van der Waals surface area contributed by atoms with Crippen LogP contribution >= 0.6 is 0 Å². The highest BCUT2D eigenvalue weighted by Crippen LogP contribution is 2.00. The van der Waals surface area contributed by atoms with E-state index in [9.17, 15) is 0 Å². The average molecular weight is 197 g/mol. The van der Waals surface area contributed by atoms with E-state index in [2.05, 4.69) is 28.7 Å². The van der Waals surface area contributed by atoms with E-state index in [0.29, 0.717) is 0 Å². The van der Waals surface area contributed by atoms with E-state index >= 15 is 0 Å². The first-order valence-corrected chi connectivity index (χ1v) is 5.15. The topological polar surface area (TPSA) is 50.1 Å². The Morgan fingerprint density at radius 3 is 2.93 bits per heavy atom. The summed E-state index contributed by atoms with van der Waals surface area (Å²) in [5, 5.41) is 12.3. The van der Waals surface area contributed by atoms with Crippen LogP contribution in [0.15, 0.2) is 12.5 Å². The van der Waals surface area contributed by atoms with Crippen LogP contribution in [0.25, 0.3) is 0 Å². The van der Waals surface area contributed by atoms with Crippen molar-refractivity contribution in [2.45, 2.75) is 39.4 Å². The summed E-state index contributed by atoms with van der Waals surface area (Å²) in [4.78, 5) is 4.08. The van der Waals surface area contributed by atoms with Gasteiger partial charge in [-0.1, -0.05) is 6.92 Å². The molecule has 1 aromatic heterocycles. The van der Waals surface area contributed by atoms with Crippen LogP contribution in [0.3, 0.4) is 0 Å². The number of hydrogen-bond acceptors (Lipinski definition) is 3. The molecule has 0 saturated carbocycles. The molecule has 4 nitrogen and oxygen atoms in total. The summed E-state index contributed by atoms with van der Waals surface area (Å²) >= 11 is 0. The highest BCUT2D eigenvalue weighted by molar-refractivity contribution is 4.97. The second kappa shape index (κ2) is 5.78. The van der Waals surface area contributed by atoms with Gasteiger partial charge < -0.3 is 15.0 Å². The molecule has 1 aromatic rings. The maximum absolute atomic E-state index is 9.00. The standard InChI is InChI=1S/C10H19N3O/c1-3-9(7-14)12-6-10-5-11-8-13(10)4-2/h5,8-9,12,14H,3-4,6-7H2,1-2H3. The predicted octanol–water partition coefficient (Wildman–Crippen LogP) is 0.763. The van der Waals surface area contributed by atoms with E-state index in [0.717, 1.165) is 19.5 Å². The van der Waals surface area contributed by atoms with Crippen molar-refractivity contribution in [3.05, 3.63) is 18.2 Å². The molecular weight excluding hydrogens is 178 g/mol. The van der Waals surface area contributed by atoms with Crippen molar-refractivity contribution in [1.29, 1.82) is 0 Å². The third kappa shape index (κ3) is 2.82. The summed E-state index contributed by atoms with van der Waals surface area (Å²) in [5.74, 6) is 0. The number of hydrogen-bond donors (Lipinski definition) is 2. The fraction of sp³-hybridized carbons (Fsp3) is 0.700. The minimum absolute atomic E-state index is 0.190. The van der Waals surface area contributed by atoms with E-state index in [4.69, 9.17) is 5.11 Å². The van der Waals surface area contributed by atoms with Crippen molar-refractivity contribution in [3.8, 4) is 0 Å². The molecule has 0 aliphatic carbocycles. The van der Waals surface area contributed by atoms with Gasteiger partial charge in [0.15, 0.2) is 0 Å². The van der Waals surface area contributed by atoms with Crippen molar-refractivity contribution in [2.24, 2.45) is 0 Å². The smallest absolute Gasteiger partial charge is 0.0948 e. The normalized spacial score (nSPS) is 13.1. The highest BCUT2D eigenvalue weighted by Gasteiger charge is 2.05. The second-order valence-electron chi connectivity index (χ2n) is 3.34. The third-order valence-electron chi connectivity index (χ3n) is 2.42. The summed E-state index contributed by atoms with van der Waals surface area (Å²) in [7, 11) is 0. The molecule has 80 valence electrons. The van der Waals surface area contributed by atoms with Gasteiger partial charge >= 0.3 is 0 Å². The van der Waals surface area contributed by atoms with Gasteiger partial charge in [0.05, 0.1) is 18.6 Å². The lowest BCUT2D eigenvalue weighted by Crippen LogP contribution is -2.31. The van der Waals surface area contributed by atoms with Gasteiger partial charge in [-0.15, -0.1) is 0 Å². The van der Waals surface area contributed by atoms with E-state index < -0.39 is 0 Å². The van der Waals surface area contributed by atoms with Gasteiger partial charge in [0, 0.05) is 25.3 Å². The molecule has 14 heavy (non-hydrogen) atoms. The summed E-state index contributed by atoms with van der Waals surface area (Å²) in [6.07, 6.45) is 4.63. The van der Waals surface area contributed by atoms with Crippen LogP contribution in [-0.4, -0.2) is 27.3 Å². The molecule has 1 unspecified atom stereocenters. The Morgan fingerprint density at radius 2 is 2.36 bits per heavy atom. The second-order valence-corrected chi connectivity index (χ2v) is 3.34. The largest absolute Gasteiger partial charge is 0.395 e. The zero-order valence-electron chi connectivity index (χ0n) is 8.90. The summed E-state index contributed by atoms with van der Waals surface area (Å²) in [6, 6.07) is 0.190. The SMILES string of the molecule is CCC(CO)NCc1cncn1CC. The number of nitrogens with zero attached hydrogens (tertiary/aromatic N) is 2. The van der Waals surface area contributed by atoms with Gasteiger partial charge in [0.2, 0.25) is 0 Å². The first-order valence-electron chi connectivity index (χ1n) is 5.15. The molecule has 0 spiro atoms. The molecule has 1 heterocycles. The number of aliphatic hydroxyl groups is 1. The molecule has 0 bridgehead atoms. The van der Waals surface area contributed by atoms with E-state index in [-0.39, 0.29) is 12.6 Å². The maximum Gasteiger partial charge on any atom is 0.0948 e. The zero-order valence-corrected chi connectivity index (χ0v) is 8.90. The fourth-order valence-electron chi connectivity index (χ4n) is 1.37. The first-order chi connectivity index (χ1) is 6.81. The zero-order chi connectivity index (χ0) is 10.4. The Bertz CT molecular complexity index is 256. The van der Waals surface area contributed by atoms with Gasteiger partial charge in [0.1, 0.15) is 0 Å². The quantitative estimate of drug-likeness (QED) is 0.708. The molecule has 0 radical (unpaired) electrons. The lowest BCUT2D eigenvalue weighted by Gasteiger charge is -2.14. The van der Waals surface area contributed by atoms with Crippen LogP contribution in [0.4, 0.5) is 0 Å². The van der Waals surface area contributed by atoms with Crippen molar-refractivity contribution >= 4 is 0 Å². The monoisotopic (exact) mass is 197 g/mol. The van der Waals surface area contributed by atoms with E-state index in [1.54, 1.807) is 0 Å². The lowest BCUT2D eigenvalue weighted by atomic mass is 10.2. The Balaban J connectivity index is 2.44. The van der Waals surface area contributed by atoms with E-state index in [1.165, 1.54) is 5.69 Å². The van der Waals surface area contributed by atoms with E-state index in [1.807, 2.05) is 12.5 Å². The Labute approximate surface area is 85.0 Å². The lowest BCUT2D eigenvalue weighted by molar-refractivity contribution is 0.237. The fourth-order valence-corrected chi connectivity index (χ4v) is 1.37. The summed E-state index contributed by atoms with van der Waals surface area (Å²) in [6.45, 7) is 6.05. The average Bonchev–Trinajstić information content (AvgIpc) is 2.67. The molecule has 2 N–H and O–H groups in total. The molecule has 0 amide bonds. The molecule has 0 saturated heterocycles. The Hall–Kier alpha value is -0.870. The van der Waals surface area contributed by atoms with Gasteiger partial charge in [0.25, 0.3) is 0 Å².